The zero-order valence-corrected chi connectivity index (χ0v) is 10.4. The zero-order valence-electron chi connectivity index (χ0n) is 10.4. The molecule has 1 aliphatic rings. The number of amides is 2. The fraction of sp³-hybridized carbons (Fsp3) is 0.545. The molecule has 1 aliphatic heterocycles. The van der Waals surface area contributed by atoms with Crippen LogP contribution in [0.15, 0.2) is 12.4 Å². The highest BCUT2D eigenvalue weighted by molar-refractivity contribution is 5.79. The van der Waals surface area contributed by atoms with Gasteiger partial charge in [0.05, 0.1) is 12.5 Å². The summed E-state index contributed by atoms with van der Waals surface area (Å²) in [6.45, 7) is 0.995. The van der Waals surface area contributed by atoms with Gasteiger partial charge < -0.3 is 19.5 Å². The summed E-state index contributed by atoms with van der Waals surface area (Å²) in [7, 11) is 3.55. The van der Waals surface area contributed by atoms with Crippen LogP contribution in [0, 0.1) is 5.92 Å². The number of hydrogen-bond acceptors (Lipinski definition) is 3. The number of imidazole rings is 1. The maximum absolute atomic E-state index is 12.0. The lowest BCUT2D eigenvalue weighted by atomic mass is 10.0. The molecule has 0 bridgehead atoms. The van der Waals surface area contributed by atoms with Crippen molar-refractivity contribution in [1.82, 2.24) is 19.4 Å². The van der Waals surface area contributed by atoms with E-state index in [1.165, 1.54) is 4.90 Å². The van der Waals surface area contributed by atoms with E-state index in [0.717, 1.165) is 5.82 Å². The van der Waals surface area contributed by atoms with Crippen molar-refractivity contribution >= 4 is 12.0 Å². The van der Waals surface area contributed by atoms with Crippen LogP contribution in [-0.2, 0) is 18.4 Å². The van der Waals surface area contributed by atoms with Crippen LogP contribution in [0.1, 0.15) is 5.82 Å². The summed E-state index contributed by atoms with van der Waals surface area (Å²) in [6, 6.07) is -0.157. The zero-order chi connectivity index (χ0) is 13.3. The van der Waals surface area contributed by atoms with Crippen LogP contribution in [0.5, 0.6) is 0 Å². The largest absolute Gasteiger partial charge is 0.481 e. The molecule has 1 N–H and O–H groups in total. The minimum Gasteiger partial charge on any atom is -0.481 e. The molecule has 0 saturated carbocycles. The Hall–Kier alpha value is -2.05. The van der Waals surface area contributed by atoms with Crippen molar-refractivity contribution in [3.63, 3.8) is 0 Å². The molecule has 7 heteroatoms. The number of aliphatic carboxylic acids is 1. The summed E-state index contributed by atoms with van der Waals surface area (Å²) in [5, 5.41) is 8.75. The smallest absolute Gasteiger partial charge is 0.320 e. The van der Waals surface area contributed by atoms with Gasteiger partial charge in [0, 0.05) is 39.6 Å². The molecule has 0 unspecified atom stereocenters. The van der Waals surface area contributed by atoms with Crippen molar-refractivity contribution in [3.8, 4) is 0 Å². The van der Waals surface area contributed by atoms with E-state index in [9.17, 15) is 9.59 Å². The van der Waals surface area contributed by atoms with Crippen molar-refractivity contribution in [1.29, 1.82) is 0 Å². The maximum Gasteiger partial charge on any atom is 0.320 e. The van der Waals surface area contributed by atoms with Gasteiger partial charge in [-0.1, -0.05) is 0 Å². The van der Waals surface area contributed by atoms with Gasteiger partial charge in [-0.2, -0.15) is 0 Å². The van der Waals surface area contributed by atoms with E-state index in [0.29, 0.717) is 19.6 Å². The number of carboxylic acid groups (broad SMARTS) is 1. The summed E-state index contributed by atoms with van der Waals surface area (Å²) >= 11 is 0. The van der Waals surface area contributed by atoms with Crippen LogP contribution in [0.25, 0.3) is 0 Å². The number of aryl methyl sites for hydroxylation is 1. The second-order valence-corrected chi connectivity index (χ2v) is 4.53. The van der Waals surface area contributed by atoms with Crippen molar-refractivity contribution in [2.24, 2.45) is 13.0 Å². The van der Waals surface area contributed by atoms with Gasteiger partial charge in [-0.15, -0.1) is 0 Å². The molecule has 0 radical (unpaired) electrons. The number of rotatable bonds is 3. The minimum atomic E-state index is -0.842. The summed E-state index contributed by atoms with van der Waals surface area (Å²) < 4.78 is 1.85. The first-order valence-corrected chi connectivity index (χ1v) is 5.68. The Labute approximate surface area is 105 Å². The molecule has 0 spiro atoms. The fourth-order valence-electron chi connectivity index (χ4n) is 1.86. The highest BCUT2D eigenvalue weighted by Gasteiger charge is 2.36. The van der Waals surface area contributed by atoms with Gasteiger partial charge in [0.15, 0.2) is 0 Å². The molecular weight excluding hydrogens is 236 g/mol. The standard InChI is InChI=1S/C11H16N4O3/c1-13-4-3-12-9(13)7-14(2)11(18)15-5-8(6-15)10(16)17/h3-4,8H,5-7H2,1-2H3,(H,16,17). The number of carboxylic acids is 1. The highest BCUT2D eigenvalue weighted by Crippen LogP contribution is 2.17. The van der Waals surface area contributed by atoms with E-state index in [2.05, 4.69) is 4.98 Å². The third kappa shape index (κ3) is 2.29. The van der Waals surface area contributed by atoms with Crippen LogP contribution in [0.2, 0.25) is 0 Å². The third-order valence-electron chi connectivity index (χ3n) is 3.13. The molecule has 0 aromatic carbocycles. The number of hydrogen-bond donors (Lipinski definition) is 1. The Morgan fingerprint density at radius 3 is 2.72 bits per heavy atom. The second kappa shape index (κ2) is 4.67. The van der Waals surface area contributed by atoms with E-state index < -0.39 is 11.9 Å². The second-order valence-electron chi connectivity index (χ2n) is 4.53. The average Bonchev–Trinajstić information content (AvgIpc) is 2.61. The third-order valence-corrected chi connectivity index (χ3v) is 3.13. The molecule has 18 heavy (non-hydrogen) atoms. The maximum atomic E-state index is 12.0. The molecule has 1 aromatic heterocycles. The number of urea groups is 1. The van der Waals surface area contributed by atoms with Gasteiger partial charge in [-0.3, -0.25) is 4.79 Å². The van der Waals surface area contributed by atoms with E-state index in [1.807, 2.05) is 17.8 Å². The molecule has 1 saturated heterocycles. The Morgan fingerprint density at radius 1 is 1.56 bits per heavy atom. The van der Waals surface area contributed by atoms with Crippen LogP contribution < -0.4 is 0 Å². The summed E-state index contributed by atoms with van der Waals surface area (Å²) in [6.07, 6.45) is 3.50. The Balaban J connectivity index is 1.87. The number of carbonyl (C=O) groups excluding carboxylic acids is 1. The van der Waals surface area contributed by atoms with Gasteiger partial charge in [-0.05, 0) is 0 Å². The van der Waals surface area contributed by atoms with E-state index >= 15 is 0 Å². The van der Waals surface area contributed by atoms with Crippen LogP contribution in [-0.4, -0.2) is 56.6 Å². The van der Waals surface area contributed by atoms with Crippen molar-refractivity contribution in [2.45, 2.75) is 6.54 Å². The highest BCUT2D eigenvalue weighted by atomic mass is 16.4. The van der Waals surface area contributed by atoms with Crippen LogP contribution >= 0.6 is 0 Å². The van der Waals surface area contributed by atoms with Gasteiger partial charge in [0.25, 0.3) is 0 Å². The normalized spacial score (nSPS) is 15.3. The molecule has 7 nitrogen and oxygen atoms in total. The first-order chi connectivity index (χ1) is 8.49. The number of likely N-dealkylation sites (tertiary alicyclic amines) is 1. The minimum absolute atomic E-state index is 0.157. The van der Waals surface area contributed by atoms with Crippen molar-refractivity contribution in [3.05, 3.63) is 18.2 Å². The Bertz CT molecular complexity index is 465. The van der Waals surface area contributed by atoms with E-state index in [-0.39, 0.29) is 6.03 Å². The number of aromatic nitrogens is 2. The fourth-order valence-corrected chi connectivity index (χ4v) is 1.86. The monoisotopic (exact) mass is 252 g/mol. The molecular formula is C11H16N4O3. The SMILES string of the molecule is CN(Cc1nccn1C)C(=O)N1CC(C(=O)O)C1. The lowest BCUT2D eigenvalue weighted by Crippen LogP contribution is -2.56. The molecule has 1 aromatic rings. The average molecular weight is 252 g/mol. The molecule has 0 atom stereocenters. The van der Waals surface area contributed by atoms with Crippen LogP contribution in [0.4, 0.5) is 4.79 Å². The van der Waals surface area contributed by atoms with Gasteiger partial charge >= 0.3 is 12.0 Å². The Morgan fingerprint density at radius 2 is 2.22 bits per heavy atom. The topological polar surface area (TPSA) is 78.7 Å². The van der Waals surface area contributed by atoms with Crippen molar-refractivity contribution in [2.75, 3.05) is 20.1 Å². The molecule has 1 fully saturated rings. The summed E-state index contributed by atoms with van der Waals surface area (Å²) in [5.41, 5.74) is 0. The number of carbonyl (C=O) groups is 2. The molecule has 2 rings (SSSR count). The number of nitrogens with zero attached hydrogens (tertiary/aromatic N) is 4. The van der Waals surface area contributed by atoms with Gasteiger partial charge in [-0.25, -0.2) is 9.78 Å². The molecule has 2 amide bonds. The predicted octanol–water partition coefficient (Wildman–Crippen LogP) is -0.0117. The van der Waals surface area contributed by atoms with Gasteiger partial charge in [0.1, 0.15) is 5.82 Å². The summed E-state index contributed by atoms with van der Waals surface area (Å²) in [4.78, 5) is 29.8. The first kappa shape index (κ1) is 12.4. The van der Waals surface area contributed by atoms with E-state index in [4.69, 9.17) is 5.11 Å². The molecule has 98 valence electrons. The molecule has 2 heterocycles. The predicted molar refractivity (Wildman–Crippen MR) is 62.8 cm³/mol. The van der Waals surface area contributed by atoms with E-state index in [1.54, 1.807) is 18.1 Å². The Kier molecular flexibility index (Phi) is 3.22. The van der Waals surface area contributed by atoms with Crippen molar-refractivity contribution < 1.29 is 14.7 Å². The lowest BCUT2D eigenvalue weighted by Gasteiger charge is -2.38. The summed E-state index contributed by atoms with van der Waals surface area (Å²) in [5.74, 6) is -0.470. The molecule has 0 aliphatic carbocycles. The quantitative estimate of drug-likeness (QED) is 0.820. The lowest BCUT2D eigenvalue weighted by molar-refractivity contribution is -0.146. The van der Waals surface area contributed by atoms with Crippen LogP contribution in [0.3, 0.4) is 0 Å². The van der Waals surface area contributed by atoms with Gasteiger partial charge in [0.2, 0.25) is 0 Å². The first-order valence-electron chi connectivity index (χ1n) is 5.68.